The van der Waals surface area contributed by atoms with Gasteiger partial charge in [-0.05, 0) is 66.0 Å². The van der Waals surface area contributed by atoms with Crippen LogP contribution in [0.5, 0.6) is 0 Å². The van der Waals surface area contributed by atoms with Crippen LogP contribution in [0.2, 0.25) is 0 Å². The van der Waals surface area contributed by atoms with Crippen LogP contribution in [0.25, 0.3) is 0 Å². The maximum Gasteiger partial charge on any atom is 0.253 e. The molecule has 5 heteroatoms. The predicted octanol–water partition coefficient (Wildman–Crippen LogP) is 2.66. The van der Waals surface area contributed by atoms with E-state index < -0.39 is 0 Å². The molecule has 0 atom stereocenters. The van der Waals surface area contributed by atoms with Crippen LogP contribution < -0.4 is 5.32 Å². The molecule has 0 bridgehead atoms. The highest BCUT2D eigenvalue weighted by Crippen LogP contribution is 2.19. The number of piperidine rings is 1. The smallest absolute Gasteiger partial charge is 0.253 e. The molecule has 1 aromatic rings. The van der Waals surface area contributed by atoms with Gasteiger partial charge in [-0.15, -0.1) is 0 Å². The lowest BCUT2D eigenvalue weighted by Crippen LogP contribution is -2.37. The van der Waals surface area contributed by atoms with Gasteiger partial charge < -0.3 is 10.2 Å². The van der Waals surface area contributed by atoms with E-state index in [2.05, 4.69) is 21.2 Å². The number of carbonyl (C=O) groups is 1. The molecule has 104 valence electrons. The van der Waals surface area contributed by atoms with Gasteiger partial charge in [-0.1, -0.05) is 0 Å². The van der Waals surface area contributed by atoms with Crippen molar-refractivity contribution in [3.05, 3.63) is 34.1 Å². The van der Waals surface area contributed by atoms with Crippen LogP contribution >= 0.6 is 15.9 Å². The fraction of sp³-hybridized carbons (Fsp3) is 0.500. The third-order valence-corrected chi connectivity index (χ3v) is 4.11. The summed E-state index contributed by atoms with van der Waals surface area (Å²) in [5.74, 6) is 0.149. The number of benzene rings is 1. The summed E-state index contributed by atoms with van der Waals surface area (Å²) in [7, 11) is 1.81. The van der Waals surface area contributed by atoms with E-state index in [4.69, 9.17) is 0 Å². The van der Waals surface area contributed by atoms with Gasteiger partial charge in [-0.2, -0.15) is 0 Å². The number of carbonyl (C=O) groups excluding carboxylic acids is 1. The number of nitrogens with one attached hydrogen (secondary N) is 1. The van der Waals surface area contributed by atoms with Crippen molar-refractivity contribution in [2.75, 3.05) is 26.7 Å². The highest BCUT2D eigenvalue weighted by molar-refractivity contribution is 9.10. The normalized spacial score (nSPS) is 16.4. The fourth-order valence-electron chi connectivity index (χ4n) is 2.38. The minimum Gasteiger partial charge on any atom is -0.341 e. The fourth-order valence-corrected chi connectivity index (χ4v) is 2.76. The van der Waals surface area contributed by atoms with E-state index in [1.165, 1.54) is 18.2 Å². The zero-order valence-corrected chi connectivity index (χ0v) is 12.5. The molecule has 0 aliphatic carbocycles. The third kappa shape index (κ3) is 3.76. The first kappa shape index (κ1) is 14.5. The minimum absolute atomic E-state index is 0.0563. The van der Waals surface area contributed by atoms with Crippen molar-refractivity contribution in [1.29, 1.82) is 0 Å². The Morgan fingerprint density at radius 3 is 2.79 bits per heavy atom. The summed E-state index contributed by atoms with van der Waals surface area (Å²) in [6.07, 6.45) is 2.20. The van der Waals surface area contributed by atoms with Gasteiger partial charge >= 0.3 is 0 Å². The monoisotopic (exact) mass is 328 g/mol. The SMILES string of the molecule is CN(CC1CCNCC1)C(=O)c1ccc(F)c(Br)c1. The van der Waals surface area contributed by atoms with Gasteiger partial charge in [0.25, 0.3) is 5.91 Å². The summed E-state index contributed by atoms with van der Waals surface area (Å²) >= 11 is 3.11. The van der Waals surface area contributed by atoms with E-state index in [1.807, 2.05) is 7.05 Å². The summed E-state index contributed by atoms with van der Waals surface area (Å²) in [6, 6.07) is 4.38. The molecular formula is C14H18BrFN2O. The molecule has 19 heavy (non-hydrogen) atoms. The predicted molar refractivity (Wildman–Crippen MR) is 76.7 cm³/mol. The summed E-state index contributed by atoms with van der Waals surface area (Å²) in [4.78, 5) is 14.0. The number of hydrogen-bond donors (Lipinski definition) is 1. The summed E-state index contributed by atoms with van der Waals surface area (Å²) in [5, 5.41) is 3.31. The summed E-state index contributed by atoms with van der Waals surface area (Å²) in [5.41, 5.74) is 0.518. The number of halogens is 2. The second-order valence-corrected chi connectivity index (χ2v) is 5.86. The Morgan fingerprint density at radius 2 is 2.16 bits per heavy atom. The highest BCUT2D eigenvalue weighted by Gasteiger charge is 2.19. The Balaban J connectivity index is 1.99. The van der Waals surface area contributed by atoms with Gasteiger partial charge in [0.05, 0.1) is 4.47 Å². The van der Waals surface area contributed by atoms with Gasteiger partial charge in [0.2, 0.25) is 0 Å². The first-order valence-electron chi connectivity index (χ1n) is 6.49. The molecule has 1 saturated heterocycles. The quantitative estimate of drug-likeness (QED) is 0.925. The van der Waals surface area contributed by atoms with Gasteiger partial charge in [0.15, 0.2) is 0 Å². The van der Waals surface area contributed by atoms with Gasteiger partial charge in [0.1, 0.15) is 5.82 Å². The van der Waals surface area contributed by atoms with Crippen molar-refractivity contribution >= 4 is 21.8 Å². The Bertz CT molecular complexity index is 461. The molecule has 1 aliphatic rings. The molecule has 1 aromatic carbocycles. The van der Waals surface area contributed by atoms with E-state index in [0.717, 1.165) is 32.5 Å². The van der Waals surface area contributed by atoms with Crippen LogP contribution in [-0.4, -0.2) is 37.5 Å². The second-order valence-electron chi connectivity index (χ2n) is 5.01. The van der Waals surface area contributed by atoms with E-state index in [-0.39, 0.29) is 11.7 Å². The van der Waals surface area contributed by atoms with Crippen molar-refractivity contribution < 1.29 is 9.18 Å². The summed E-state index contributed by atoms with van der Waals surface area (Å²) in [6.45, 7) is 2.80. The molecule has 3 nitrogen and oxygen atoms in total. The molecule has 1 heterocycles. The maximum absolute atomic E-state index is 13.2. The average molecular weight is 329 g/mol. The lowest BCUT2D eigenvalue weighted by molar-refractivity contribution is 0.0762. The van der Waals surface area contributed by atoms with E-state index in [1.54, 1.807) is 4.90 Å². The van der Waals surface area contributed by atoms with Gasteiger partial charge in [-0.25, -0.2) is 4.39 Å². The van der Waals surface area contributed by atoms with E-state index >= 15 is 0 Å². The van der Waals surface area contributed by atoms with Crippen LogP contribution in [0.15, 0.2) is 22.7 Å². The molecule has 1 fully saturated rings. The zero-order chi connectivity index (χ0) is 13.8. The van der Waals surface area contributed by atoms with Crippen LogP contribution in [0.4, 0.5) is 4.39 Å². The highest BCUT2D eigenvalue weighted by atomic mass is 79.9. The Labute approximate surface area is 121 Å². The number of hydrogen-bond acceptors (Lipinski definition) is 2. The minimum atomic E-state index is -0.349. The summed E-state index contributed by atoms with van der Waals surface area (Å²) < 4.78 is 13.5. The topological polar surface area (TPSA) is 32.3 Å². The number of nitrogens with zero attached hydrogens (tertiary/aromatic N) is 1. The Hall–Kier alpha value is -0.940. The van der Waals surface area contributed by atoms with Crippen molar-refractivity contribution in [2.45, 2.75) is 12.8 Å². The number of rotatable bonds is 3. The lowest BCUT2D eigenvalue weighted by atomic mass is 9.97. The number of amides is 1. The molecule has 0 radical (unpaired) electrons. The Morgan fingerprint density at radius 1 is 1.47 bits per heavy atom. The van der Waals surface area contributed by atoms with E-state index in [9.17, 15) is 9.18 Å². The molecule has 0 spiro atoms. The first-order valence-corrected chi connectivity index (χ1v) is 7.28. The second kappa shape index (κ2) is 6.48. The van der Waals surface area contributed by atoms with E-state index in [0.29, 0.717) is 16.0 Å². The molecule has 0 unspecified atom stereocenters. The molecule has 2 rings (SSSR count). The lowest BCUT2D eigenvalue weighted by Gasteiger charge is -2.27. The molecule has 0 aromatic heterocycles. The van der Waals surface area contributed by atoms with Crippen molar-refractivity contribution in [2.24, 2.45) is 5.92 Å². The van der Waals surface area contributed by atoms with Crippen LogP contribution in [0, 0.1) is 11.7 Å². The maximum atomic E-state index is 13.2. The van der Waals surface area contributed by atoms with Crippen molar-refractivity contribution in [1.82, 2.24) is 10.2 Å². The van der Waals surface area contributed by atoms with Gasteiger partial charge in [0, 0.05) is 19.2 Å². The average Bonchev–Trinajstić information content (AvgIpc) is 2.42. The van der Waals surface area contributed by atoms with Crippen LogP contribution in [-0.2, 0) is 0 Å². The van der Waals surface area contributed by atoms with Crippen molar-refractivity contribution in [3.8, 4) is 0 Å². The molecule has 1 N–H and O–H groups in total. The van der Waals surface area contributed by atoms with Gasteiger partial charge in [-0.3, -0.25) is 4.79 Å². The van der Waals surface area contributed by atoms with Crippen LogP contribution in [0.3, 0.4) is 0 Å². The standard InChI is InChI=1S/C14H18BrFN2O/c1-18(9-10-4-6-17-7-5-10)14(19)11-2-3-13(16)12(15)8-11/h2-3,8,10,17H,4-7,9H2,1H3. The third-order valence-electron chi connectivity index (χ3n) is 3.50. The zero-order valence-electron chi connectivity index (χ0n) is 11.0. The molecule has 0 saturated carbocycles. The molecule has 1 aliphatic heterocycles. The first-order chi connectivity index (χ1) is 9.08. The Kier molecular flexibility index (Phi) is 4.93. The molecule has 1 amide bonds. The van der Waals surface area contributed by atoms with Crippen molar-refractivity contribution in [3.63, 3.8) is 0 Å². The molecular weight excluding hydrogens is 311 g/mol. The largest absolute Gasteiger partial charge is 0.341 e. The van der Waals surface area contributed by atoms with Crippen LogP contribution in [0.1, 0.15) is 23.2 Å².